The maximum Gasteiger partial charge on any atom is 0.325 e. The molecule has 5 heterocycles. The van der Waals surface area contributed by atoms with Crippen molar-refractivity contribution in [2.45, 2.75) is 70.1 Å². The number of likely N-dealkylation sites (tertiary alicyclic amines) is 1. The molecule has 0 radical (unpaired) electrons. The number of ether oxygens (including phenoxy) is 1. The molecule has 8 nitrogen and oxygen atoms in total. The number of nitrogens with one attached hydrogen (secondary N) is 1. The Morgan fingerprint density at radius 3 is 3.00 bits per heavy atom. The van der Waals surface area contributed by atoms with E-state index in [-0.39, 0.29) is 5.92 Å². The number of anilines is 1. The van der Waals surface area contributed by atoms with Gasteiger partial charge in [0.15, 0.2) is 0 Å². The maximum absolute atomic E-state index is 15.4. The number of unbranched alkanes of at least 4 members (excludes halogenated alkanes) is 1. The van der Waals surface area contributed by atoms with Crippen LogP contribution in [0.2, 0.25) is 0 Å². The first-order valence-electron chi connectivity index (χ1n) is 14.9. The lowest BCUT2D eigenvalue weighted by molar-refractivity contribution is -0.143. The Morgan fingerprint density at radius 2 is 2.15 bits per heavy atom. The monoisotopic (exact) mass is 549 g/mol. The SMILES string of the molecule is O=C(O)[C@@H](c1cccc2cnn(C[C@H]3CCOC3)c12)N1CC[C@@H]([C@@H](F)CCCCc2ccc3c(n2)NCCC3)C1. The van der Waals surface area contributed by atoms with Crippen molar-refractivity contribution in [3.63, 3.8) is 0 Å². The molecule has 2 fully saturated rings. The Bertz CT molecular complexity index is 1320. The second-order valence-electron chi connectivity index (χ2n) is 11.7. The molecule has 0 unspecified atom stereocenters. The van der Waals surface area contributed by atoms with Crippen LogP contribution in [0.25, 0.3) is 10.9 Å². The predicted molar refractivity (Wildman–Crippen MR) is 152 cm³/mol. The highest BCUT2D eigenvalue weighted by molar-refractivity contribution is 5.88. The second kappa shape index (κ2) is 12.2. The van der Waals surface area contributed by atoms with Gasteiger partial charge in [-0.2, -0.15) is 5.10 Å². The van der Waals surface area contributed by atoms with E-state index in [0.29, 0.717) is 45.0 Å². The molecule has 2 aromatic heterocycles. The Kier molecular flexibility index (Phi) is 8.30. The topological polar surface area (TPSA) is 92.5 Å². The molecule has 3 aliphatic heterocycles. The Balaban J connectivity index is 1.06. The summed E-state index contributed by atoms with van der Waals surface area (Å²) in [6.45, 7) is 4.18. The molecule has 0 amide bonds. The van der Waals surface area contributed by atoms with Crippen molar-refractivity contribution in [2.75, 3.05) is 38.2 Å². The summed E-state index contributed by atoms with van der Waals surface area (Å²) >= 11 is 0. The van der Waals surface area contributed by atoms with E-state index in [0.717, 1.165) is 79.7 Å². The summed E-state index contributed by atoms with van der Waals surface area (Å²) in [5.74, 6) is 0.347. The van der Waals surface area contributed by atoms with E-state index < -0.39 is 18.2 Å². The number of pyridine rings is 1. The summed E-state index contributed by atoms with van der Waals surface area (Å²) in [6, 6.07) is 9.23. The van der Waals surface area contributed by atoms with E-state index in [1.54, 1.807) is 0 Å². The number of nitrogens with zero attached hydrogens (tertiary/aromatic N) is 4. The van der Waals surface area contributed by atoms with Crippen LogP contribution < -0.4 is 5.32 Å². The van der Waals surface area contributed by atoms with Crippen LogP contribution in [-0.2, 0) is 28.9 Å². The van der Waals surface area contributed by atoms with E-state index in [9.17, 15) is 9.90 Å². The first kappa shape index (κ1) is 27.1. The highest BCUT2D eigenvalue weighted by atomic mass is 19.1. The lowest BCUT2D eigenvalue weighted by Crippen LogP contribution is -2.34. The van der Waals surface area contributed by atoms with Crippen molar-refractivity contribution >= 4 is 22.7 Å². The summed E-state index contributed by atoms with van der Waals surface area (Å²) in [6.07, 6.45) is 7.83. The summed E-state index contributed by atoms with van der Waals surface area (Å²) in [5.41, 5.74) is 3.96. The molecule has 6 rings (SSSR count). The largest absolute Gasteiger partial charge is 0.480 e. The number of fused-ring (bicyclic) bond motifs is 2. The zero-order valence-electron chi connectivity index (χ0n) is 23.1. The molecule has 0 aliphatic carbocycles. The molecule has 3 aliphatic rings. The first-order chi connectivity index (χ1) is 19.6. The van der Waals surface area contributed by atoms with Gasteiger partial charge in [0.1, 0.15) is 18.0 Å². The van der Waals surface area contributed by atoms with Crippen LogP contribution in [0.3, 0.4) is 0 Å². The van der Waals surface area contributed by atoms with Crippen molar-refractivity contribution in [3.8, 4) is 0 Å². The number of hydrogen-bond acceptors (Lipinski definition) is 6. The van der Waals surface area contributed by atoms with Crippen molar-refractivity contribution in [1.82, 2.24) is 19.7 Å². The van der Waals surface area contributed by atoms with Crippen molar-refractivity contribution in [1.29, 1.82) is 0 Å². The fourth-order valence-electron chi connectivity index (χ4n) is 6.72. The zero-order valence-corrected chi connectivity index (χ0v) is 23.1. The number of benzene rings is 1. The van der Waals surface area contributed by atoms with Gasteiger partial charge in [-0.25, -0.2) is 9.37 Å². The molecule has 9 heteroatoms. The number of carboxylic acids is 1. The minimum atomic E-state index is -0.929. The molecule has 1 aromatic carbocycles. The Hall–Kier alpha value is -3.04. The summed E-state index contributed by atoms with van der Waals surface area (Å²) in [5, 5.41) is 19.3. The van der Waals surface area contributed by atoms with Crippen LogP contribution in [-0.4, -0.2) is 69.8 Å². The number of aliphatic carboxylic acids is 1. The highest BCUT2D eigenvalue weighted by Crippen LogP contribution is 2.35. The maximum atomic E-state index is 15.4. The minimum absolute atomic E-state index is 0.146. The van der Waals surface area contributed by atoms with E-state index in [4.69, 9.17) is 9.72 Å². The molecule has 40 heavy (non-hydrogen) atoms. The first-order valence-corrected chi connectivity index (χ1v) is 14.9. The normalized spacial score (nSPS) is 22.7. The number of rotatable bonds is 11. The number of aromatic nitrogens is 3. The minimum Gasteiger partial charge on any atom is -0.480 e. The zero-order chi connectivity index (χ0) is 27.5. The van der Waals surface area contributed by atoms with E-state index >= 15 is 4.39 Å². The molecule has 2 N–H and O–H groups in total. The third-order valence-electron chi connectivity index (χ3n) is 8.92. The van der Waals surface area contributed by atoms with E-state index in [1.807, 2.05) is 34.0 Å². The number of aryl methyl sites for hydroxylation is 2. The summed E-state index contributed by atoms with van der Waals surface area (Å²) in [4.78, 5) is 19.3. The second-order valence-corrected chi connectivity index (χ2v) is 11.7. The van der Waals surface area contributed by atoms with Crippen molar-refractivity contribution in [3.05, 3.63) is 53.3 Å². The third-order valence-corrected chi connectivity index (χ3v) is 8.92. The standard InChI is InChI=1S/C31H40FN5O3/c32-27(9-2-1-7-25-11-10-22-6-4-14-33-30(22)35-25)24-12-15-36(19-24)29(31(38)39)26-8-3-5-23-17-34-37(28(23)26)18-21-13-16-40-20-21/h3,5,8,10-11,17,21,24,27,29H,1-2,4,6-7,9,12-16,18-20H2,(H,33,35)(H,38,39)/t21-,24-,27+,29-/m1/s1. The molecule has 214 valence electrons. The summed E-state index contributed by atoms with van der Waals surface area (Å²) < 4.78 is 22.9. The van der Waals surface area contributed by atoms with Crippen LogP contribution in [0.4, 0.5) is 10.2 Å². The number of carboxylic acid groups (broad SMARTS) is 1. The number of carbonyl (C=O) groups is 1. The van der Waals surface area contributed by atoms with Crippen LogP contribution in [0.5, 0.6) is 0 Å². The lowest BCUT2D eigenvalue weighted by Gasteiger charge is -2.26. The van der Waals surface area contributed by atoms with E-state index in [1.165, 1.54) is 5.56 Å². The number of halogens is 1. The average molecular weight is 550 g/mol. The van der Waals surface area contributed by atoms with Gasteiger partial charge in [-0.1, -0.05) is 30.7 Å². The van der Waals surface area contributed by atoms with Crippen molar-refractivity contribution in [2.24, 2.45) is 11.8 Å². The summed E-state index contributed by atoms with van der Waals surface area (Å²) in [7, 11) is 0. The van der Waals surface area contributed by atoms with Gasteiger partial charge in [0.25, 0.3) is 0 Å². The number of hydrogen-bond donors (Lipinski definition) is 2. The van der Waals surface area contributed by atoms with Gasteiger partial charge < -0.3 is 15.2 Å². The number of alkyl halides is 1. The van der Waals surface area contributed by atoms with Gasteiger partial charge in [0.2, 0.25) is 0 Å². The van der Waals surface area contributed by atoms with Crippen molar-refractivity contribution < 1.29 is 19.0 Å². The molecular formula is C31H40FN5O3. The fraction of sp³-hybridized carbons (Fsp3) is 0.581. The predicted octanol–water partition coefficient (Wildman–Crippen LogP) is 5.02. The smallest absolute Gasteiger partial charge is 0.325 e. The molecule has 0 bridgehead atoms. The molecule has 0 saturated carbocycles. The fourth-order valence-corrected chi connectivity index (χ4v) is 6.72. The van der Waals surface area contributed by atoms with Gasteiger partial charge in [0, 0.05) is 54.7 Å². The Morgan fingerprint density at radius 1 is 1.23 bits per heavy atom. The lowest BCUT2D eigenvalue weighted by atomic mass is 9.97. The van der Waals surface area contributed by atoms with Gasteiger partial charge in [-0.3, -0.25) is 14.4 Å². The molecule has 0 spiro atoms. The highest BCUT2D eigenvalue weighted by Gasteiger charge is 2.38. The van der Waals surface area contributed by atoms with Crippen LogP contribution >= 0.6 is 0 Å². The van der Waals surface area contributed by atoms with Gasteiger partial charge in [0.05, 0.1) is 18.3 Å². The third kappa shape index (κ3) is 5.86. The quantitative estimate of drug-likeness (QED) is 0.324. The molecule has 4 atom stereocenters. The van der Waals surface area contributed by atoms with Gasteiger partial charge in [-0.15, -0.1) is 0 Å². The van der Waals surface area contributed by atoms with Crippen LogP contribution in [0.1, 0.15) is 61.4 Å². The average Bonchev–Trinajstić information content (AvgIpc) is 3.74. The molecular weight excluding hydrogens is 509 g/mol. The van der Waals surface area contributed by atoms with Gasteiger partial charge >= 0.3 is 5.97 Å². The van der Waals surface area contributed by atoms with Crippen LogP contribution in [0, 0.1) is 11.8 Å². The van der Waals surface area contributed by atoms with E-state index in [2.05, 4.69) is 22.5 Å². The van der Waals surface area contributed by atoms with Gasteiger partial charge in [-0.05, 0) is 63.1 Å². The number of para-hydroxylation sites is 1. The van der Waals surface area contributed by atoms with Crippen LogP contribution in [0.15, 0.2) is 36.5 Å². The molecule has 2 saturated heterocycles. The Labute approximate surface area is 234 Å². The molecule has 3 aromatic rings.